The van der Waals surface area contributed by atoms with Crippen molar-refractivity contribution in [2.45, 2.75) is 71.4 Å². The van der Waals surface area contributed by atoms with Crippen molar-refractivity contribution in [3.8, 4) is 0 Å². The van der Waals surface area contributed by atoms with Gasteiger partial charge in [0, 0.05) is 23.5 Å². The van der Waals surface area contributed by atoms with Crippen molar-refractivity contribution in [1.82, 2.24) is 4.90 Å². The third-order valence-electron chi connectivity index (χ3n) is 5.97. The van der Waals surface area contributed by atoms with Gasteiger partial charge in [-0.2, -0.15) is 0 Å². The zero-order valence-electron chi connectivity index (χ0n) is 18.8. The molecule has 1 fully saturated rings. The Balaban J connectivity index is 1.84. The summed E-state index contributed by atoms with van der Waals surface area (Å²) in [5.74, 6) is 0. The summed E-state index contributed by atoms with van der Waals surface area (Å²) < 4.78 is 0. The molecule has 0 radical (unpaired) electrons. The van der Waals surface area contributed by atoms with Crippen molar-refractivity contribution < 1.29 is 0 Å². The summed E-state index contributed by atoms with van der Waals surface area (Å²) in [6.07, 6.45) is 3.51. The lowest BCUT2D eigenvalue weighted by Crippen LogP contribution is -2.50. The van der Waals surface area contributed by atoms with E-state index in [2.05, 4.69) is 83.0 Å². The van der Waals surface area contributed by atoms with Gasteiger partial charge in [0.05, 0.1) is 11.4 Å². The Kier molecular flexibility index (Phi) is 6.69. The molecule has 0 bridgehead atoms. The summed E-state index contributed by atoms with van der Waals surface area (Å²) in [7, 11) is 2.23. The Morgan fingerprint density at radius 3 is 2.00 bits per heavy atom. The minimum Gasteiger partial charge on any atom is -0.290 e. The van der Waals surface area contributed by atoms with Gasteiger partial charge in [0.15, 0.2) is 0 Å². The molecule has 3 nitrogen and oxygen atoms in total. The molecule has 29 heavy (non-hydrogen) atoms. The fourth-order valence-corrected chi connectivity index (χ4v) is 4.39. The van der Waals surface area contributed by atoms with Crippen LogP contribution in [0.2, 0.25) is 0 Å². The maximum absolute atomic E-state index is 5.11. The molecular weight excluding hydrogens is 354 g/mol. The van der Waals surface area contributed by atoms with E-state index in [0.717, 1.165) is 24.2 Å². The number of rotatable bonds is 4. The van der Waals surface area contributed by atoms with E-state index < -0.39 is 0 Å². The highest BCUT2D eigenvalue weighted by Crippen LogP contribution is 2.32. The quantitative estimate of drug-likeness (QED) is 0.533. The van der Waals surface area contributed by atoms with Crippen LogP contribution >= 0.6 is 0 Å². The predicted molar refractivity (Wildman–Crippen MR) is 126 cm³/mol. The fourth-order valence-electron chi connectivity index (χ4n) is 4.39. The summed E-state index contributed by atoms with van der Waals surface area (Å²) in [5, 5.41) is 0. The average molecular weight is 390 g/mol. The van der Waals surface area contributed by atoms with Gasteiger partial charge < -0.3 is 0 Å². The molecule has 1 aliphatic heterocycles. The van der Waals surface area contributed by atoms with Crippen molar-refractivity contribution in [1.29, 1.82) is 0 Å². The van der Waals surface area contributed by atoms with E-state index in [1.54, 1.807) is 0 Å². The van der Waals surface area contributed by atoms with Crippen LogP contribution in [0.3, 0.4) is 0 Å². The fraction of sp³-hybridized carbons (Fsp3) is 0.462. The average Bonchev–Trinajstić information content (AvgIpc) is 2.68. The van der Waals surface area contributed by atoms with Gasteiger partial charge in [-0.25, -0.2) is 0 Å². The standard InChI is InChI=1S/C26H35N3/c1-19(27-21-13-8-7-9-14-21)24-17-12-18-25(29(24)6)20(2)28-23-16-11-10-15-22(23)26(3,4)5/h7-11,13-16,24-25H,12,17-18H2,1-6H3/b27-19?,28-20+. The Morgan fingerprint density at radius 2 is 1.38 bits per heavy atom. The van der Waals surface area contributed by atoms with E-state index in [0.29, 0.717) is 12.1 Å². The van der Waals surface area contributed by atoms with E-state index in [4.69, 9.17) is 9.98 Å². The normalized spacial score (nSPS) is 22.0. The van der Waals surface area contributed by atoms with Crippen LogP contribution < -0.4 is 0 Å². The van der Waals surface area contributed by atoms with E-state index in [9.17, 15) is 0 Å². The first-order chi connectivity index (χ1) is 13.8. The van der Waals surface area contributed by atoms with Gasteiger partial charge in [-0.05, 0) is 69.3 Å². The number of likely N-dealkylation sites (tertiary alicyclic amines) is 1. The van der Waals surface area contributed by atoms with E-state index in [1.165, 1.54) is 23.4 Å². The lowest BCUT2D eigenvalue weighted by atomic mass is 9.85. The summed E-state index contributed by atoms with van der Waals surface area (Å²) in [6.45, 7) is 11.1. The predicted octanol–water partition coefficient (Wildman–Crippen LogP) is 6.72. The molecule has 0 aliphatic carbocycles. The molecule has 3 heteroatoms. The Hall–Kier alpha value is -2.26. The van der Waals surface area contributed by atoms with Gasteiger partial charge in [-0.15, -0.1) is 0 Å². The van der Waals surface area contributed by atoms with Crippen LogP contribution in [0, 0.1) is 0 Å². The van der Waals surface area contributed by atoms with Crippen LogP contribution in [0.5, 0.6) is 0 Å². The molecule has 2 aromatic carbocycles. The molecule has 2 atom stereocenters. The molecule has 0 spiro atoms. The summed E-state index contributed by atoms with van der Waals surface area (Å²) >= 11 is 0. The molecule has 0 amide bonds. The largest absolute Gasteiger partial charge is 0.290 e. The van der Waals surface area contributed by atoms with Gasteiger partial charge >= 0.3 is 0 Å². The number of aliphatic imine (C=N–C) groups is 2. The van der Waals surface area contributed by atoms with E-state index in [-0.39, 0.29) is 5.41 Å². The maximum Gasteiger partial charge on any atom is 0.0666 e. The molecule has 0 N–H and O–H groups in total. The van der Waals surface area contributed by atoms with Crippen molar-refractivity contribution in [3.05, 3.63) is 60.2 Å². The second-order valence-electron chi connectivity index (χ2n) is 9.24. The van der Waals surface area contributed by atoms with Crippen molar-refractivity contribution >= 4 is 22.8 Å². The second-order valence-corrected chi connectivity index (χ2v) is 9.24. The highest BCUT2D eigenvalue weighted by atomic mass is 15.2. The molecular formula is C26H35N3. The number of piperidine rings is 1. The van der Waals surface area contributed by atoms with Crippen LogP contribution in [-0.4, -0.2) is 35.5 Å². The molecule has 1 aliphatic rings. The monoisotopic (exact) mass is 389 g/mol. The van der Waals surface area contributed by atoms with Crippen LogP contribution in [0.25, 0.3) is 0 Å². The van der Waals surface area contributed by atoms with Crippen LogP contribution in [-0.2, 0) is 5.41 Å². The Bertz CT molecular complexity index is 874. The molecule has 2 aromatic rings. The van der Waals surface area contributed by atoms with Crippen molar-refractivity contribution in [2.75, 3.05) is 7.05 Å². The number of nitrogens with zero attached hydrogens (tertiary/aromatic N) is 3. The van der Waals surface area contributed by atoms with E-state index in [1.807, 2.05) is 18.2 Å². The first-order valence-electron chi connectivity index (χ1n) is 10.7. The molecule has 2 unspecified atom stereocenters. The Labute approximate surface area is 176 Å². The van der Waals surface area contributed by atoms with Gasteiger partial charge in [0.1, 0.15) is 0 Å². The SMILES string of the molecule is CC(=Nc1ccccc1)C1CCCC(/C(C)=N/c2ccccc2C(C)(C)C)N1C. The van der Waals surface area contributed by atoms with Gasteiger partial charge in [-0.3, -0.25) is 14.9 Å². The Morgan fingerprint density at radius 1 is 0.828 bits per heavy atom. The third-order valence-corrected chi connectivity index (χ3v) is 5.97. The number of hydrogen-bond acceptors (Lipinski definition) is 3. The molecule has 0 aromatic heterocycles. The lowest BCUT2D eigenvalue weighted by Gasteiger charge is -2.39. The summed E-state index contributed by atoms with van der Waals surface area (Å²) in [6, 6.07) is 19.5. The molecule has 0 saturated carbocycles. The van der Waals surface area contributed by atoms with Crippen LogP contribution in [0.1, 0.15) is 59.4 Å². The number of benzene rings is 2. The third kappa shape index (κ3) is 5.22. The second kappa shape index (κ2) is 9.04. The highest BCUT2D eigenvalue weighted by Gasteiger charge is 2.31. The maximum atomic E-state index is 5.11. The number of hydrogen-bond donors (Lipinski definition) is 0. The minimum absolute atomic E-state index is 0.0836. The zero-order chi connectivity index (χ0) is 21.0. The molecule has 1 saturated heterocycles. The molecule has 154 valence electrons. The first-order valence-corrected chi connectivity index (χ1v) is 10.7. The zero-order valence-corrected chi connectivity index (χ0v) is 18.8. The van der Waals surface area contributed by atoms with E-state index >= 15 is 0 Å². The summed E-state index contributed by atoms with van der Waals surface area (Å²) in [5.41, 5.74) is 5.90. The summed E-state index contributed by atoms with van der Waals surface area (Å²) in [4.78, 5) is 12.5. The van der Waals surface area contributed by atoms with Crippen molar-refractivity contribution in [3.63, 3.8) is 0 Å². The minimum atomic E-state index is 0.0836. The van der Waals surface area contributed by atoms with Gasteiger partial charge in [-0.1, -0.05) is 57.2 Å². The van der Waals surface area contributed by atoms with Crippen LogP contribution in [0.4, 0.5) is 11.4 Å². The molecule has 1 heterocycles. The van der Waals surface area contributed by atoms with Crippen molar-refractivity contribution in [2.24, 2.45) is 9.98 Å². The van der Waals surface area contributed by atoms with Gasteiger partial charge in [0.25, 0.3) is 0 Å². The number of para-hydroxylation sites is 2. The van der Waals surface area contributed by atoms with Crippen LogP contribution in [0.15, 0.2) is 64.6 Å². The van der Waals surface area contributed by atoms with Gasteiger partial charge in [0.2, 0.25) is 0 Å². The lowest BCUT2D eigenvalue weighted by molar-refractivity contribution is 0.197. The highest BCUT2D eigenvalue weighted by molar-refractivity contribution is 5.93. The first kappa shape index (κ1) is 21.4. The topological polar surface area (TPSA) is 28.0 Å². The molecule has 3 rings (SSSR count). The smallest absolute Gasteiger partial charge is 0.0666 e.